The number of aromatic nitrogens is 3. The number of hydrogen-bond donors (Lipinski definition) is 0. The molecule has 2 heterocycles. The molecule has 0 radical (unpaired) electrons. The van der Waals surface area contributed by atoms with E-state index in [0.29, 0.717) is 0 Å². The van der Waals surface area contributed by atoms with Crippen LogP contribution in [0.5, 0.6) is 0 Å². The van der Waals surface area contributed by atoms with E-state index >= 15 is 0 Å². The molecular formula is C23H27N5OS. The second kappa shape index (κ2) is 9.45. The predicted octanol–water partition coefficient (Wildman–Crippen LogP) is 4.01. The quantitative estimate of drug-likeness (QED) is 0.540. The number of amides is 1. The summed E-state index contributed by atoms with van der Waals surface area (Å²) in [5.41, 5.74) is 1.91. The number of rotatable bonds is 7. The molecule has 1 aliphatic heterocycles. The van der Waals surface area contributed by atoms with Crippen molar-refractivity contribution in [3.05, 3.63) is 66.5 Å². The second-order valence-electron chi connectivity index (χ2n) is 7.55. The van der Waals surface area contributed by atoms with Gasteiger partial charge >= 0.3 is 0 Å². The maximum atomic E-state index is 13.0. The van der Waals surface area contributed by atoms with E-state index in [1.807, 2.05) is 62.5 Å². The molecule has 30 heavy (non-hydrogen) atoms. The van der Waals surface area contributed by atoms with Gasteiger partial charge in [0.25, 0.3) is 0 Å². The summed E-state index contributed by atoms with van der Waals surface area (Å²) in [5, 5.41) is 9.42. The van der Waals surface area contributed by atoms with Gasteiger partial charge in [0.15, 0.2) is 11.0 Å². The molecule has 156 valence electrons. The molecule has 1 aromatic heterocycles. The van der Waals surface area contributed by atoms with Crippen LogP contribution in [0, 0.1) is 0 Å². The Hall–Kier alpha value is -2.64. The van der Waals surface area contributed by atoms with Crippen molar-refractivity contribution >= 4 is 23.4 Å². The minimum Gasteiger partial charge on any atom is -0.315 e. The molecule has 1 atom stereocenters. The molecule has 2 aromatic carbocycles. The van der Waals surface area contributed by atoms with Crippen LogP contribution in [-0.4, -0.2) is 51.0 Å². The Morgan fingerprint density at radius 3 is 2.33 bits per heavy atom. The molecule has 1 amide bonds. The van der Waals surface area contributed by atoms with Gasteiger partial charge in [0, 0.05) is 18.4 Å². The summed E-state index contributed by atoms with van der Waals surface area (Å²) in [6.07, 6.45) is 2.47. The smallest absolute Gasteiger partial charge is 0.240 e. The number of benzene rings is 2. The highest BCUT2D eigenvalue weighted by Gasteiger charge is 2.25. The van der Waals surface area contributed by atoms with E-state index in [2.05, 4.69) is 31.8 Å². The average Bonchev–Trinajstić information content (AvgIpc) is 3.44. The molecular weight excluding hydrogens is 394 g/mol. The molecule has 0 aliphatic carbocycles. The molecule has 1 saturated heterocycles. The Bertz CT molecular complexity index is 970. The zero-order valence-corrected chi connectivity index (χ0v) is 18.3. The Labute approximate surface area is 181 Å². The lowest BCUT2D eigenvalue weighted by molar-refractivity contribution is -0.117. The van der Waals surface area contributed by atoms with Gasteiger partial charge in [-0.2, -0.15) is 0 Å². The number of nitrogens with zero attached hydrogens (tertiary/aromatic N) is 5. The highest BCUT2D eigenvalue weighted by molar-refractivity contribution is 8.00. The highest BCUT2D eigenvalue weighted by atomic mass is 32.2. The number of carbonyl (C=O) groups excluding carboxylic acids is 1. The average molecular weight is 422 g/mol. The summed E-state index contributed by atoms with van der Waals surface area (Å²) in [7, 11) is 1.81. The van der Waals surface area contributed by atoms with Gasteiger partial charge in [0.05, 0.1) is 11.8 Å². The van der Waals surface area contributed by atoms with Crippen LogP contribution in [0.4, 0.5) is 5.69 Å². The first kappa shape index (κ1) is 20.6. The third kappa shape index (κ3) is 4.57. The first-order valence-electron chi connectivity index (χ1n) is 10.3. The number of carbonyl (C=O) groups is 1. The summed E-state index contributed by atoms with van der Waals surface area (Å²) >= 11 is 1.45. The van der Waals surface area contributed by atoms with E-state index in [-0.39, 0.29) is 11.2 Å². The Kier molecular flexibility index (Phi) is 6.50. The SMILES string of the molecule is CC(Sc1nnc(CN2CCCC2)n1-c1ccccc1)C(=O)N(C)c1ccccc1. The van der Waals surface area contributed by atoms with Crippen molar-refractivity contribution in [1.82, 2.24) is 19.7 Å². The van der Waals surface area contributed by atoms with E-state index in [9.17, 15) is 4.79 Å². The van der Waals surface area contributed by atoms with Crippen LogP contribution >= 0.6 is 11.8 Å². The molecule has 0 saturated carbocycles. The Morgan fingerprint density at radius 1 is 1.03 bits per heavy atom. The molecule has 0 bridgehead atoms. The zero-order valence-electron chi connectivity index (χ0n) is 17.4. The van der Waals surface area contributed by atoms with Crippen molar-refractivity contribution in [3.63, 3.8) is 0 Å². The fourth-order valence-electron chi connectivity index (χ4n) is 3.72. The summed E-state index contributed by atoms with van der Waals surface area (Å²) in [6.45, 7) is 4.90. The number of thioether (sulfide) groups is 1. The number of likely N-dealkylation sites (tertiary alicyclic amines) is 1. The van der Waals surface area contributed by atoms with Crippen molar-refractivity contribution in [1.29, 1.82) is 0 Å². The third-order valence-electron chi connectivity index (χ3n) is 5.38. The van der Waals surface area contributed by atoms with Crippen molar-refractivity contribution in [2.75, 3.05) is 25.0 Å². The van der Waals surface area contributed by atoms with Gasteiger partial charge in [-0.3, -0.25) is 14.3 Å². The first-order valence-corrected chi connectivity index (χ1v) is 11.2. The number of hydrogen-bond acceptors (Lipinski definition) is 5. The summed E-state index contributed by atoms with van der Waals surface area (Å²) < 4.78 is 2.09. The molecule has 1 fully saturated rings. The van der Waals surface area contributed by atoms with Gasteiger partial charge in [-0.25, -0.2) is 0 Å². The largest absolute Gasteiger partial charge is 0.315 e. The minimum absolute atomic E-state index is 0.0369. The van der Waals surface area contributed by atoms with Crippen LogP contribution in [0.15, 0.2) is 65.8 Å². The van der Waals surface area contributed by atoms with Gasteiger partial charge in [0.2, 0.25) is 5.91 Å². The van der Waals surface area contributed by atoms with Gasteiger partial charge in [-0.1, -0.05) is 48.2 Å². The number of para-hydroxylation sites is 2. The van der Waals surface area contributed by atoms with Crippen LogP contribution in [0.1, 0.15) is 25.6 Å². The van der Waals surface area contributed by atoms with E-state index in [1.165, 1.54) is 24.6 Å². The van der Waals surface area contributed by atoms with Gasteiger partial charge < -0.3 is 4.90 Å². The van der Waals surface area contributed by atoms with Crippen LogP contribution in [0.25, 0.3) is 5.69 Å². The highest BCUT2D eigenvalue weighted by Crippen LogP contribution is 2.28. The van der Waals surface area contributed by atoms with E-state index in [4.69, 9.17) is 0 Å². The third-order valence-corrected chi connectivity index (χ3v) is 6.41. The molecule has 1 aliphatic rings. The van der Waals surface area contributed by atoms with Crippen LogP contribution in [0.2, 0.25) is 0 Å². The molecule has 1 unspecified atom stereocenters. The molecule has 3 aromatic rings. The summed E-state index contributed by atoms with van der Waals surface area (Å²) in [6, 6.07) is 19.9. The van der Waals surface area contributed by atoms with E-state index in [0.717, 1.165) is 42.0 Å². The Balaban J connectivity index is 1.57. The lowest BCUT2D eigenvalue weighted by atomic mass is 10.3. The molecule has 0 N–H and O–H groups in total. The zero-order chi connectivity index (χ0) is 20.9. The van der Waals surface area contributed by atoms with E-state index in [1.54, 1.807) is 4.90 Å². The summed E-state index contributed by atoms with van der Waals surface area (Å²) in [5.74, 6) is 0.955. The monoisotopic (exact) mass is 421 g/mol. The van der Waals surface area contributed by atoms with Gasteiger partial charge in [-0.05, 0) is 57.1 Å². The van der Waals surface area contributed by atoms with Crippen molar-refractivity contribution in [3.8, 4) is 5.69 Å². The maximum absolute atomic E-state index is 13.0. The lowest BCUT2D eigenvalue weighted by Gasteiger charge is -2.21. The molecule has 4 rings (SSSR count). The molecule has 0 spiro atoms. The van der Waals surface area contributed by atoms with Crippen molar-refractivity contribution in [2.24, 2.45) is 0 Å². The van der Waals surface area contributed by atoms with Crippen LogP contribution in [0.3, 0.4) is 0 Å². The Morgan fingerprint density at radius 2 is 1.67 bits per heavy atom. The second-order valence-corrected chi connectivity index (χ2v) is 8.85. The fourth-order valence-corrected chi connectivity index (χ4v) is 4.70. The minimum atomic E-state index is -0.290. The summed E-state index contributed by atoms with van der Waals surface area (Å²) in [4.78, 5) is 17.1. The van der Waals surface area contributed by atoms with Crippen molar-refractivity contribution < 1.29 is 4.79 Å². The normalized spacial score (nSPS) is 15.3. The molecule has 7 heteroatoms. The number of anilines is 1. The van der Waals surface area contributed by atoms with Crippen LogP contribution < -0.4 is 4.90 Å². The van der Waals surface area contributed by atoms with Gasteiger partial charge in [0.1, 0.15) is 0 Å². The van der Waals surface area contributed by atoms with Crippen molar-refractivity contribution in [2.45, 2.75) is 36.7 Å². The maximum Gasteiger partial charge on any atom is 0.240 e. The van der Waals surface area contributed by atoms with Crippen LogP contribution in [-0.2, 0) is 11.3 Å². The predicted molar refractivity (Wildman–Crippen MR) is 121 cm³/mol. The van der Waals surface area contributed by atoms with Gasteiger partial charge in [-0.15, -0.1) is 10.2 Å². The van der Waals surface area contributed by atoms with E-state index < -0.39 is 0 Å². The topological polar surface area (TPSA) is 54.3 Å². The standard InChI is InChI=1S/C23H27N5OS/c1-18(22(29)26(2)19-11-5-3-6-12-19)30-23-25-24-21(17-27-15-9-10-16-27)28(23)20-13-7-4-8-14-20/h3-8,11-14,18H,9-10,15-17H2,1-2H3. The molecule has 6 nitrogen and oxygen atoms in total. The fraction of sp³-hybridized carbons (Fsp3) is 0.348. The first-order chi connectivity index (χ1) is 14.6. The lowest BCUT2D eigenvalue weighted by Crippen LogP contribution is -2.33.